The molecule has 0 spiro atoms. The Morgan fingerprint density at radius 1 is 1.30 bits per heavy atom. The van der Waals surface area contributed by atoms with Crippen molar-refractivity contribution in [3.05, 3.63) is 41.7 Å². The maximum Gasteiger partial charge on any atom is 0.253 e. The van der Waals surface area contributed by atoms with Crippen LogP contribution in [0.25, 0.3) is 0 Å². The lowest BCUT2D eigenvalue weighted by atomic mass is 10.2. The van der Waals surface area contributed by atoms with Crippen LogP contribution in [0.4, 0.5) is 4.39 Å². The minimum Gasteiger partial charge on any atom is -0.489 e. The van der Waals surface area contributed by atoms with E-state index in [1.807, 2.05) is 13.8 Å². The van der Waals surface area contributed by atoms with Crippen molar-refractivity contribution < 1.29 is 13.9 Å². The summed E-state index contributed by atoms with van der Waals surface area (Å²) in [4.78, 5) is 13.8. The molecule has 0 fully saturated rings. The zero-order chi connectivity index (χ0) is 15.0. The van der Waals surface area contributed by atoms with Gasteiger partial charge < -0.3 is 15.4 Å². The van der Waals surface area contributed by atoms with Crippen LogP contribution in [-0.2, 0) is 0 Å². The first-order valence-electron chi connectivity index (χ1n) is 6.66. The van der Waals surface area contributed by atoms with Gasteiger partial charge in [-0.1, -0.05) is 0 Å². The van der Waals surface area contributed by atoms with Crippen molar-refractivity contribution in [1.82, 2.24) is 4.90 Å². The highest BCUT2D eigenvalue weighted by Gasteiger charge is 2.12. The Labute approximate surface area is 119 Å². The molecule has 0 aliphatic carbocycles. The SMILES string of the molecule is CCN(CC)C(=O)c1ccc(OC/C(=C/F)CN)cc1. The molecular weight excluding hydrogens is 259 g/mol. The Bertz CT molecular complexity index is 453. The number of nitrogens with two attached hydrogens (primary N) is 1. The fourth-order valence-corrected chi connectivity index (χ4v) is 1.70. The van der Waals surface area contributed by atoms with Gasteiger partial charge in [0.1, 0.15) is 12.4 Å². The normalized spacial score (nSPS) is 11.3. The van der Waals surface area contributed by atoms with E-state index in [1.54, 1.807) is 29.2 Å². The molecule has 0 aromatic heterocycles. The minimum atomic E-state index is -0.00662. The van der Waals surface area contributed by atoms with E-state index in [1.165, 1.54) is 0 Å². The fraction of sp³-hybridized carbons (Fsp3) is 0.400. The van der Waals surface area contributed by atoms with Gasteiger partial charge in [0.2, 0.25) is 0 Å². The van der Waals surface area contributed by atoms with Gasteiger partial charge in [0.25, 0.3) is 5.91 Å². The van der Waals surface area contributed by atoms with E-state index in [-0.39, 0.29) is 19.1 Å². The third-order valence-electron chi connectivity index (χ3n) is 2.99. The van der Waals surface area contributed by atoms with E-state index in [0.29, 0.717) is 36.3 Å². The lowest BCUT2D eigenvalue weighted by Crippen LogP contribution is -2.30. The number of carbonyl (C=O) groups is 1. The average molecular weight is 280 g/mol. The van der Waals surface area contributed by atoms with Gasteiger partial charge in [-0.05, 0) is 38.1 Å². The highest BCUT2D eigenvalue weighted by atomic mass is 19.1. The highest BCUT2D eigenvalue weighted by Crippen LogP contribution is 2.14. The van der Waals surface area contributed by atoms with Gasteiger partial charge in [-0.2, -0.15) is 0 Å². The van der Waals surface area contributed by atoms with Crippen molar-refractivity contribution >= 4 is 5.91 Å². The van der Waals surface area contributed by atoms with Crippen molar-refractivity contribution in [2.45, 2.75) is 13.8 Å². The van der Waals surface area contributed by atoms with Crippen LogP contribution in [0.2, 0.25) is 0 Å². The lowest BCUT2D eigenvalue weighted by Gasteiger charge is -2.18. The molecule has 2 N–H and O–H groups in total. The summed E-state index contributed by atoms with van der Waals surface area (Å²) in [5.41, 5.74) is 6.33. The Hall–Kier alpha value is -1.88. The smallest absolute Gasteiger partial charge is 0.253 e. The van der Waals surface area contributed by atoms with Crippen LogP contribution in [0.1, 0.15) is 24.2 Å². The fourth-order valence-electron chi connectivity index (χ4n) is 1.70. The van der Waals surface area contributed by atoms with E-state index in [4.69, 9.17) is 10.5 Å². The summed E-state index contributed by atoms with van der Waals surface area (Å²) in [6.45, 7) is 5.46. The second-order valence-corrected chi connectivity index (χ2v) is 4.26. The first-order valence-corrected chi connectivity index (χ1v) is 6.66. The number of rotatable bonds is 7. The predicted octanol–water partition coefficient (Wildman–Crippen LogP) is 2.36. The molecule has 110 valence electrons. The lowest BCUT2D eigenvalue weighted by molar-refractivity contribution is 0.0773. The van der Waals surface area contributed by atoms with Gasteiger partial charge in [-0.3, -0.25) is 4.79 Å². The number of hydrogen-bond acceptors (Lipinski definition) is 3. The Morgan fingerprint density at radius 2 is 1.90 bits per heavy atom. The summed E-state index contributed by atoms with van der Waals surface area (Å²) < 4.78 is 17.7. The molecule has 0 saturated heterocycles. The van der Waals surface area contributed by atoms with Crippen LogP contribution in [0.5, 0.6) is 5.75 Å². The quantitative estimate of drug-likeness (QED) is 0.834. The third kappa shape index (κ3) is 4.35. The highest BCUT2D eigenvalue weighted by molar-refractivity contribution is 5.94. The van der Waals surface area contributed by atoms with Crippen LogP contribution < -0.4 is 10.5 Å². The largest absolute Gasteiger partial charge is 0.489 e. The molecule has 1 aromatic carbocycles. The summed E-state index contributed by atoms with van der Waals surface area (Å²) in [7, 11) is 0. The molecule has 0 unspecified atom stereocenters. The zero-order valence-electron chi connectivity index (χ0n) is 11.9. The molecule has 0 heterocycles. The monoisotopic (exact) mass is 280 g/mol. The van der Waals surface area contributed by atoms with Crippen LogP contribution in [0, 0.1) is 0 Å². The molecule has 0 aliphatic rings. The number of amides is 1. The van der Waals surface area contributed by atoms with E-state index < -0.39 is 0 Å². The van der Waals surface area contributed by atoms with E-state index in [0.717, 1.165) is 0 Å². The predicted molar refractivity (Wildman–Crippen MR) is 77.4 cm³/mol. The number of hydrogen-bond donors (Lipinski definition) is 1. The number of carbonyl (C=O) groups excluding carboxylic acids is 1. The number of ether oxygens (including phenoxy) is 1. The van der Waals surface area contributed by atoms with Gasteiger partial charge in [0, 0.05) is 30.8 Å². The maximum absolute atomic E-state index is 12.3. The Balaban J connectivity index is 2.67. The summed E-state index contributed by atoms with van der Waals surface area (Å²) in [6, 6.07) is 6.81. The topological polar surface area (TPSA) is 55.6 Å². The van der Waals surface area contributed by atoms with Crippen molar-refractivity contribution in [2.24, 2.45) is 5.73 Å². The molecular formula is C15H21FN2O2. The van der Waals surface area contributed by atoms with Gasteiger partial charge in [0.05, 0.1) is 6.33 Å². The number of benzene rings is 1. The van der Waals surface area contributed by atoms with Crippen LogP contribution in [0.15, 0.2) is 36.2 Å². The second-order valence-electron chi connectivity index (χ2n) is 4.26. The van der Waals surface area contributed by atoms with Gasteiger partial charge in [-0.25, -0.2) is 4.39 Å². The van der Waals surface area contributed by atoms with Crippen LogP contribution >= 0.6 is 0 Å². The van der Waals surface area contributed by atoms with E-state index >= 15 is 0 Å². The zero-order valence-corrected chi connectivity index (χ0v) is 11.9. The summed E-state index contributed by atoms with van der Waals surface area (Å²) >= 11 is 0. The Kier molecular flexibility index (Phi) is 6.73. The summed E-state index contributed by atoms with van der Waals surface area (Å²) in [5, 5.41) is 0. The molecule has 1 rings (SSSR count). The number of halogens is 1. The van der Waals surface area contributed by atoms with Crippen molar-refractivity contribution in [1.29, 1.82) is 0 Å². The molecule has 0 radical (unpaired) electrons. The van der Waals surface area contributed by atoms with E-state index in [9.17, 15) is 9.18 Å². The van der Waals surface area contributed by atoms with Gasteiger partial charge in [-0.15, -0.1) is 0 Å². The molecule has 0 bridgehead atoms. The van der Waals surface area contributed by atoms with Gasteiger partial charge >= 0.3 is 0 Å². The third-order valence-corrected chi connectivity index (χ3v) is 2.99. The standard InChI is InChI=1S/C15H21FN2O2/c1-3-18(4-2)15(19)13-5-7-14(8-6-13)20-11-12(9-16)10-17/h5-9H,3-4,10-11,17H2,1-2H3/b12-9+. The van der Waals surface area contributed by atoms with E-state index in [2.05, 4.69) is 0 Å². The minimum absolute atomic E-state index is 0.00662. The molecule has 5 heteroatoms. The van der Waals surface area contributed by atoms with Crippen LogP contribution in [0.3, 0.4) is 0 Å². The molecule has 0 saturated carbocycles. The molecule has 1 amide bonds. The molecule has 1 aromatic rings. The molecule has 4 nitrogen and oxygen atoms in total. The Morgan fingerprint density at radius 3 is 2.35 bits per heavy atom. The second kappa shape index (κ2) is 8.32. The average Bonchev–Trinajstić information content (AvgIpc) is 2.50. The summed E-state index contributed by atoms with van der Waals surface area (Å²) in [5.74, 6) is 0.571. The first kappa shape index (κ1) is 16.2. The first-order chi connectivity index (χ1) is 9.65. The van der Waals surface area contributed by atoms with Crippen molar-refractivity contribution in [3.8, 4) is 5.75 Å². The molecule has 20 heavy (non-hydrogen) atoms. The summed E-state index contributed by atoms with van der Waals surface area (Å²) in [6.07, 6.45) is 0.457. The molecule has 0 atom stereocenters. The number of nitrogens with zero attached hydrogens (tertiary/aromatic N) is 1. The molecule has 0 aliphatic heterocycles. The van der Waals surface area contributed by atoms with Crippen LogP contribution in [-0.4, -0.2) is 37.0 Å². The maximum atomic E-state index is 12.3. The van der Waals surface area contributed by atoms with Crippen molar-refractivity contribution in [3.63, 3.8) is 0 Å². The van der Waals surface area contributed by atoms with Gasteiger partial charge in [0.15, 0.2) is 0 Å². The van der Waals surface area contributed by atoms with Crippen molar-refractivity contribution in [2.75, 3.05) is 26.2 Å².